The van der Waals surface area contributed by atoms with Gasteiger partial charge >= 0.3 is 0 Å². The van der Waals surface area contributed by atoms with Crippen molar-refractivity contribution in [2.24, 2.45) is 12.9 Å². The van der Waals surface area contributed by atoms with Crippen molar-refractivity contribution in [3.8, 4) is 0 Å². The number of nitrogen functional groups attached to an aromatic ring is 1. The molecular weight excluding hydrogens is 270 g/mol. The zero-order valence-corrected chi connectivity index (χ0v) is 12.0. The van der Waals surface area contributed by atoms with Gasteiger partial charge in [-0.15, -0.1) is 11.3 Å². The predicted octanol–water partition coefficient (Wildman–Crippen LogP) is 1.96. The van der Waals surface area contributed by atoms with Gasteiger partial charge in [0, 0.05) is 17.3 Å². The van der Waals surface area contributed by atoms with Crippen molar-refractivity contribution in [1.29, 1.82) is 0 Å². The van der Waals surface area contributed by atoms with Gasteiger partial charge in [-0.1, -0.05) is 18.2 Å². The van der Waals surface area contributed by atoms with Crippen LogP contribution in [0.5, 0.6) is 0 Å². The van der Waals surface area contributed by atoms with Crippen LogP contribution >= 0.6 is 11.3 Å². The van der Waals surface area contributed by atoms with Gasteiger partial charge in [-0.2, -0.15) is 5.10 Å². The maximum atomic E-state index is 6.03. The van der Waals surface area contributed by atoms with E-state index in [1.165, 1.54) is 15.6 Å². The van der Waals surface area contributed by atoms with Gasteiger partial charge in [-0.05, 0) is 28.8 Å². The topological polar surface area (TPSA) is 81.9 Å². The van der Waals surface area contributed by atoms with E-state index >= 15 is 0 Å². The zero-order valence-electron chi connectivity index (χ0n) is 11.2. The van der Waals surface area contributed by atoms with Gasteiger partial charge in [0.25, 0.3) is 0 Å². The van der Waals surface area contributed by atoms with Crippen molar-refractivity contribution >= 4 is 27.2 Å². The van der Waals surface area contributed by atoms with Crippen LogP contribution in [0.2, 0.25) is 0 Å². The number of hydrogen-bond donors (Lipinski definition) is 3. The number of fused-ring (bicyclic) bond motifs is 1. The summed E-state index contributed by atoms with van der Waals surface area (Å²) in [5, 5.41) is 7.64. The zero-order chi connectivity index (χ0) is 14.1. The Kier molecular flexibility index (Phi) is 3.43. The lowest BCUT2D eigenvalue weighted by Crippen LogP contribution is -2.30. The van der Waals surface area contributed by atoms with E-state index < -0.39 is 0 Å². The van der Waals surface area contributed by atoms with Crippen LogP contribution < -0.4 is 17.0 Å². The second-order valence-corrected chi connectivity index (χ2v) is 5.70. The van der Waals surface area contributed by atoms with Crippen LogP contribution in [-0.2, 0) is 13.5 Å². The summed E-state index contributed by atoms with van der Waals surface area (Å²) in [6.45, 7) is 0. The number of nitrogens with one attached hydrogen (secondary N) is 1. The highest BCUT2D eigenvalue weighted by Gasteiger charge is 2.18. The fourth-order valence-corrected chi connectivity index (χ4v) is 3.38. The van der Waals surface area contributed by atoms with Gasteiger partial charge in [0.2, 0.25) is 0 Å². The molecule has 0 fully saturated rings. The number of hydrazine groups is 1. The van der Waals surface area contributed by atoms with E-state index in [4.69, 9.17) is 11.6 Å². The summed E-state index contributed by atoms with van der Waals surface area (Å²) >= 11 is 1.75. The van der Waals surface area contributed by atoms with Crippen molar-refractivity contribution < 1.29 is 0 Å². The lowest BCUT2D eigenvalue weighted by Gasteiger charge is -2.15. The van der Waals surface area contributed by atoms with Gasteiger partial charge in [0.05, 0.1) is 12.2 Å². The largest absolute Gasteiger partial charge is 0.384 e. The molecule has 0 saturated carbocycles. The molecule has 1 unspecified atom stereocenters. The van der Waals surface area contributed by atoms with Crippen molar-refractivity contribution in [1.82, 2.24) is 15.2 Å². The van der Waals surface area contributed by atoms with Crippen LogP contribution in [0.4, 0.5) is 5.82 Å². The van der Waals surface area contributed by atoms with Gasteiger partial charge in [0.1, 0.15) is 5.82 Å². The van der Waals surface area contributed by atoms with E-state index in [-0.39, 0.29) is 6.04 Å². The minimum absolute atomic E-state index is 0.0401. The van der Waals surface area contributed by atoms with E-state index in [2.05, 4.69) is 40.2 Å². The standard InChI is InChI=1S/C14H17N5S/c1-19-14(15)11(7-17-19)12(18-16)6-9-8-20-13-5-3-2-4-10(9)13/h2-5,7-8,12,18H,6,15-16H2,1H3. The summed E-state index contributed by atoms with van der Waals surface area (Å²) in [6, 6.07) is 8.35. The molecule has 5 N–H and O–H groups in total. The molecule has 2 heterocycles. The first-order valence-corrected chi connectivity index (χ1v) is 7.27. The van der Waals surface area contributed by atoms with Gasteiger partial charge < -0.3 is 5.73 Å². The molecule has 0 bridgehead atoms. The van der Waals surface area contributed by atoms with Crippen LogP contribution in [0.1, 0.15) is 17.2 Å². The summed E-state index contributed by atoms with van der Waals surface area (Å²) in [5.41, 5.74) is 11.1. The smallest absolute Gasteiger partial charge is 0.126 e. The molecule has 104 valence electrons. The molecule has 3 aromatic rings. The van der Waals surface area contributed by atoms with E-state index in [1.807, 2.05) is 7.05 Å². The molecule has 0 aliphatic carbocycles. The highest BCUT2D eigenvalue weighted by molar-refractivity contribution is 7.17. The Morgan fingerprint density at radius 1 is 1.40 bits per heavy atom. The number of aromatic nitrogens is 2. The van der Waals surface area contributed by atoms with E-state index in [1.54, 1.807) is 22.2 Å². The maximum Gasteiger partial charge on any atom is 0.126 e. The quantitative estimate of drug-likeness (QED) is 0.506. The molecule has 0 radical (unpaired) electrons. The molecule has 0 spiro atoms. The first kappa shape index (κ1) is 13.1. The lowest BCUT2D eigenvalue weighted by molar-refractivity contribution is 0.555. The highest BCUT2D eigenvalue weighted by atomic mass is 32.1. The molecule has 0 amide bonds. The summed E-state index contributed by atoms with van der Waals surface area (Å²) < 4.78 is 2.95. The van der Waals surface area contributed by atoms with Crippen LogP contribution in [0, 0.1) is 0 Å². The molecule has 1 aromatic carbocycles. The van der Waals surface area contributed by atoms with Gasteiger partial charge in [-0.25, -0.2) is 0 Å². The van der Waals surface area contributed by atoms with Crippen molar-refractivity contribution in [2.75, 3.05) is 5.73 Å². The number of nitrogens with zero attached hydrogens (tertiary/aromatic N) is 2. The summed E-state index contributed by atoms with van der Waals surface area (Å²) in [5.74, 6) is 6.35. The Hall–Kier alpha value is -1.89. The van der Waals surface area contributed by atoms with E-state index in [0.717, 1.165) is 12.0 Å². The summed E-state index contributed by atoms with van der Waals surface area (Å²) in [4.78, 5) is 0. The fraction of sp³-hybridized carbons (Fsp3) is 0.214. The SMILES string of the molecule is Cn1ncc(C(Cc2csc3ccccc23)NN)c1N. The van der Waals surface area contributed by atoms with Crippen LogP contribution in [-0.4, -0.2) is 9.78 Å². The lowest BCUT2D eigenvalue weighted by atomic mass is 10.0. The second kappa shape index (κ2) is 5.24. The predicted molar refractivity (Wildman–Crippen MR) is 83.2 cm³/mol. The molecule has 6 heteroatoms. The molecular formula is C14H17N5S. The van der Waals surface area contributed by atoms with Crippen LogP contribution in [0.25, 0.3) is 10.1 Å². The third kappa shape index (κ3) is 2.18. The Balaban J connectivity index is 1.94. The normalized spacial score (nSPS) is 12.9. The number of benzene rings is 1. The first-order valence-electron chi connectivity index (χ1n) is 6.39. The molecule has 0 saturated heterocycles. The maximum absolute atomic E-state index is 6.03. The van der Waals surface area contributed by atoms with Crippen molar-refractivity contribution in [3.63, 3.8) is 0 Å². The Morgan fingerprint density at radius 3 is 2.90 bits per heavy atom. The Morgan fingerprint density at radius 2 is 2.20 bits per heavy atom. The minimum Gasteiger partial charge on any atom is -0.384 e. The highest BCUT2D eigenvalue weighted by Crippen LogP contribution is 2.30. The average Bonchev–Trinajstić information content (AvgIpc) is 3.02. The molecule has 1 atom stereocenters. The van der Waals surface area contributed by atoms with Crippen LogP contribution in [0.15, 0.2) is 35.8 Å². The first-order chi connectivity index (χ1) is 9.70. The molecule has 20 heavy (non-hydrogen) atoms. The number of thiophene rings is 1. The van der Waals surface area contributed by atoms with Gasteiger partial charge in [-0.3, -0.25) is 16.0 Å². The monoisotopic (exact) mass is 287 g/mol. The number of hydrogen-bond acceptors (Lipinski definition) is 5. The fourth-order valence-electron chi connectivity index (χ4n) is 2.40. The number of aryl methyl sites for hydroxylation is 1. The molecule has 5 nitrogen and oxygen atoms in total. The molecule has 3 rings (SSSR count). The Labute approximate surface area is 121 Å². The summed E-state index contributed by atoms with van der Waals surface area (Å²) in [7, 11) is 1.83. The van der Waals surface area contributed by atoms with E-state index in [9.17, 15) is 0 Å². The van der Waals surface area contributed by atoms with Crippen molar-refractivity contribution in [2.45, 2.75) is 12.5 Å². The average molecular weight is 287 g/mol. The third-order valence-electron chi connectivity index (χ3n) is 3.58. The van der Waals surface area contributed by atoms with Crippen LogP contribution in [0.3, 0.4) is 0 Å². The number of rotatable bonds is 4. The number of nitrogens with two attached hydrogens (primary N) is 2. The van der Waals surface area contributed by atoms with E-state index in [0.29, 0.717) is 5.82 Å². The minimum atomic E-state index is -0.0401. The third-order valence-corrected chi connectivity index (χ3v) is 4.59. The summed E-state index contributed by atoms with van der Waals surface area (Å²) in [6.07, 6.45) is 2.56. The van der Waals surface area contributed by atoms with Gasteiger partial charge in [0.15, 0.2) is 0 Å². The Bertz CT molecular complexity index is 730. The second-order valence-electron chi connectivity index (χ2n) is 4.79. The molecule has 0 aliphatic rings. The molecule has 2 aromatic heterocycles. The molecule has 0 aliphatic heterocycles. The number of anilines is 1. The van der Waals surface area contributed by atoms with Crippen molar-refractivity contribution in [3.05, 3.63) is 47.0 Å².